The van der Waals surface area contributed by atoms with Crippen LogP contribution < -0.4 is 10.2 Å². The Morgan fingerprint density at radius 3 is 2.90 bits per heavy atom. The van der Waals surface area contributed by atoms with Gasteiger partial charge < -0.3 is 5.32 Å². The first-order chi connectivity index (χ1) is 9.60. The largest absolute Gasteiger partial charge is 0.304 e. The minimum atomic E-state index is 0.0130. The molecule has 108 valence electrons. The fourth-order valence-electron chi connectivity index (χ4n) is 1.76. The third kappa shape index (κ3) is 3.61. The third-order valence-corrected chi connectivity index (χ3v) is 3.62. The number of nitrogens with zero attached hydrogens (tertiary/aromatic N) is 5. The number of rotatable bonds is 6. The van der Waals surface area contributed by atoms with Crippen LogP contribution in [-0.4, -0.2) is 32.2 Å². The smallest absolute Gasteiger partial charge is 0.225 e. The second-order valence-electron chi connectivity index (χ2n) is 4.32. The molecule has 7 nitrogen and oxygen atoms in total. The van der Waals surface area contributed by atoms with E-state index in [4.69, 9.17) is 0 Å². The molecule has 2 aromatic heterocycles. The lowest BCUT2D eigenvalue weighted by Gasteiger charge is -2.14. The highest BCUT2D eigenvalue weighted by atomic mass is 32.1. The molecule has 0 saturated heterocycles. The quantitative estimate of drug-likeness (QED) is 0.858. The van der Waals surface area contributed by atoms with Crippen molar-refractivity contribution >= 4 is 22.4 Å². The summed E-state index contributed by atoms with van der Waals surface area (Å²) in [6, 6.07) is 0. The first-order valence-corrected chi connectivity index (χ1v) is 7.26. The minimum Gasteiger partial charge on any atom is -0.304 e. The fourth-order valence-corrected chi connectivity index (χ4v) is 2.69. The average Bonchev–Trinajstić information content (AvgIpc) is 3.00. The first-order valence-electron chi connectivity index (χ1n) is 6.38. The van der Waals surface area contributed by atoms with Crippen LogP contribution >= 0.6 is 11.3 Å². The van der Waals surface area contributed by atoms with Crippen molar-refractivity contribution in [3.63, 3.8) is 0 Å². The van der Waals surface area contributed by atoms with Gasteiger partial charge in [-0.25, -0.2) is 9.97 Å². The van der Waals surface area contributed by atoms with E-state index in [-0.39, 0.29) is 5.91 Å². The number of nitrogens with one attached hydrogen (secondary N) is 1. The number of carbonyl (C=O) groups is 1. The van der Waals surface area contributed by atoms with E-state index >= 15 is 0 Å². The Labute approximate surface area is 121 Å². The lowest BCUT2D eigenvalue weighted by molar-refractivity contribution is -0.116. The van der Waals surface area contributed by atoms with E-state index in [0.717, 1.165) is 16.6 Å². The number of anilines is 1. The van der Waals surface area contributed by atoms with E-state index < -0.39 is 0 Å². The van der Waals surface area contributed by atoms with Gasteiger partial charge in [-0.3, -0.25) is 14.4 Å². The fraction of sp³-hybridized carbons (Fsp3) is 0.500. The molecular formula is C12H18N6OS. The molecular weight excluding hydrogens is 276 g/mol. The van der Waals surface area contributed by atoms with Crippen molar-refractivity contribution in [2.45, 2.75) is 26.9 Å². The molecule has 0 aliphatic carbocycles. The molecule has 20 heavy (non-hydrogen) atoms. The second-order valence-corrected chi connectivity index (χ2v) is 5.16. The Bertz CT molecular complexity index is 578. The van der Waals surface area contributed by atoms with Crippen LogP contribution in [0.5, 0.6) is 0 Å². The van der Waals surface area contributed by atoms with Crippen molar-refractivity contribution < 1.29 is 4.79 Å². The predicted octanol–water partition coefficient (Wildman–Crippen LogP) is 0.934. The molecule has 0 spiro atoms. The minimum absolute atomic E-state index is 0.0130. The molecule has 2 heterocycles. The summed E-state index contributed by atoms with van der Waals surface area (Å²) in [5.74, 6) is 0.765. The Kier molecular flexibility index (Phi) is 4.80. The van der Waals surface area contributed by atoms with E-state index in [1.54, 1.807) is 22.8 Å². The highest BCUT2D eigenvalue weighted by molar-refractivity contribution is 7.14. The van der Waals surface area contributed by atoms with Gasteiger partial charge in [0.2, 0.25) is 5.91 Å². The van der Waals surface area contributed by atoms with Crippen molar-refractivity contribution in [1.29, 1.82) is 0 Å². The van der Waals surface area contributed by atoms with Crippen LogP contribution in [0.15, 0.2) is 11.7 Å². The molecule has 1 amide bonds. The molecule has 0 saturated carbocycles. The van der Waals surface area contributed by atoms with Crippen molar-refractivity contribution in [3.05, 3.63) is 23.2 Å². The van der Waals surface area contributed by atoms with Crippen LogP contribution in [0.4, 0.5) is 5.13 Å². The van der Waals surface area contributed by atoms with Crippen molar-refractivity contribution in [3.8, 4) is 0 Å². The highest BCUT2D eigenvalue weighted by Gasteiger charge is 2.13. The summed E-state index contributed by atoms with van der Waals surface area (Å²) in [5.41, 5.74) is 0.917. The molecule has 0 unspecified atom stereocenters. The number of hydrogen-bond acceptors (Lipinski definition) is 6. The number of aromatic nitrogens is 4. The SMILES string of the molecule is CCN(C(C)=O)c1nc(CNCc2ncn(C)n2)cs1. The second kappa shape index (κ2) is 6.58. The Balaban J connectivity index is 1.88. The molecule has 2 rings (SSSR count). The zero-order valence-corrected chi connectivity index (χ0v) is 12.6. The molecule has 8 heteroatoms. The van der Waals surface area contributed by atoms with Gasteiger partial charge in [-0.05, 0) is 6.92 Å². The summed E-state index contributed by atoms with van der Waals surface area (Å²) in [6.45, 7) is 5.35. The topological polar surface area (TPSA) is 75.9 Å². The maximum absolute atomic E-state index is 11.4. The summed E-state index contributed by atoms with van der Waals surface area (Å²) >= 11 is 1.48. The van der Waals surface area contributed by atoms with Gasteiger partial charge in [0.25, 0.3) is 0 Å². The maximum atomic E-state index is 11.4. The van der Waals surface area contributed by atoms with E-state index in [0.29, 0.717) is 19.6 Å². The van der Waals surface area contributed by atoms with Gasteiger partial charge in [0.1, 0.15) is 6.33 Å². The predicted molar refractivity (Wildman–Crippen MR) is 77.4 cm³/mol. The molecule has 0 atom stereocenters. The number of thiazole rings is 1. The number of amides is 1. The molecule has 0 fully saturated rings. The molecule has 0 radical (unpaired) electrons. The van der Waals surface area contributed by atoms with Crippen molar-refractivity contribution in [1.82, 2.24) is 25.1 Å². The van der Waals surface area contributed by atoms with Crippen LogP contribution in [0.1, 0.15) is 25.4 Å². The van der Waals surface area contributed by atoms with Crippen LogP contribution in [0.2, 0.25) is 0 Å². The van der Waals surface area contributed by atoms with Gasteiger partial charge in [-0.15, -0.1) is 11.3 Å². The molecule has 0 aliphatic rings. The maximum Gasteiger partial charge on any atom is 0.225 e. The summed E-state index contributed by atoms with van der Waals surface area (Å²) < 4.78 is 1.67. The summed E-state index contributed by atoms with van der Waals surface area (Å²) in [5, 5.41) is 10.1. The van der Waals surface area contributed by atoms with Gasteiger partial charge >= 0.3 is 0 Å². The first kappa shape index (κ1) is 14.6. The zero-order valence-electron chi connectivity index (χ0n) is 11.8. The molecule has 0 aliphatic heterocycles. The van der Waals surface area contributed by atoms with Gasteiger partial charge in [0.05, 0.1) is 12.2 Å². The summed E-state index contributed by atoms with van der Waals surface area (Å²) in [6.07, 6.45) is 1.67. The number of hydrogen-bond donors (Lipinski definition) is 1. The van der Waals surface area contributed by atoms with Crippen LogP contribution in [0.3, 0.4) is 0 Å². The average molecular weight is 294 g/mol. The monoisotopic (exact) mass is 294 g/mol. The van der Waals surface area contributed by atoms with Crippen molar-refractivity contribution in [2.75, 3.05) is 11.4 Å². The molecule has 0 bridgehead atoms. The van der Waals surface area contributed by atoms with Crippen LogP contribution in [0.25, 0.3) is 0 Å². The van der Waals surface area contributed by atoms with Gasteiger partial charge in [0.15, 0.2) is 11.0 Å². The molecule has 0 aromatic carbocycles. The number of aryl methyl sites for hydroxylation is 1. The lowest BCUT2D eigenvalue weighted by Crippen LogP contribution is -2.27. The zero-order chi connectivity index (χ0) is 14.5. The molecule has 1 N–H and O–H groups in total. The Morgan fingerprint density at radius 2 is 2.30 bits per heavy atom. The van der Waals surface area contributed by atoms with E-state index in [2.05, 4.69) is 20.4 Å². The van der Waals surface area contributed by atoms with E-state index in [1.165, 1.54) is 11.3 Å². The van der Waals surface area contributed by atoms with Crippen LogP contribution in [-0.2, 0) is 24.9 Å². The highest BCUT2D eigenvalue weighted by Crippen LogP contribution is 2.20. The number of carbonyl (C=O) groups excluding carboxylic acids is 1. The van der Waals surface area contributed by atoms with Gasteiger partial charge in [-0.1, -0.05) is 0 Å². The lowest BCUT2D eigenvalue weighted by atomic mass is 10.4. The van der Waals surface area contributed by atoms with Gasteiger partial charge in [-0.2, -0.15) is 5.10 Å². The standard InChI is InChI=1S/C12H18N6OS/c1-4-18(9(2)19)12-15-10(7-20-12)5-13-6-11-14-8-17(3)16-11/h7-8,13H,4-6H2,1-3H3. The van der Waals surface area contributed by atoms with Crippen molar-refractivity contribution in [2.24, 2.45) is 7.05 Å². The Morgan fingerprint density at radius 1 is 1.50 bits per heavy atom. The van der Waals surface area contributed by atoms with Gasteiger partial charge in [0, 0.05) is 32.4 Å². The molecule has 2 aromatic rings. The normalized spacial score (nSPS) is 10.8. The summed E-state index contributed by atoms with van der Waals surface area (Å²) in [7, 11) is 1.84. The third-order valence-electron chi connectivity index (χ3n) is 2.70. The van der Waals surface area contributed by atoms with E-state index in [9.17, 15) is 4.79 Å². The summed E-state index contributed by atoms with van der Waals surface area (Å²) in [4.78, 5) is 21.7. The Hall–Kier alpha value is -1.80. The van der Waals surface area contributed by atoms with E-state index in [1.807, 2.05) is 19.4 Å². The van der Waals surface area contributed by atoms with Crippen LogP contribution in [0, 0.1) is 0 Å².